The van der Waals surface area contributed by atoms with Gasteiger partial charge in [-0.1, -0.05) is 17.1 Å². The largest absolute Gasteiger partial charge is 0.359 e. The number of aromatic nitrogens is 2. The molecule has 2 aromatic heterocycles. The minimum atomic E-state index is 0.458. The number of hydrogen-bond acceptors (Lipinski definition) is 1. The molecule has 0 aliphatic carbocycles. The summed E-state index contributed by atoms with van der Waals surface area (Å²) in [6.07, 6.45) is 3.34. The van der Waals surface area contributed by atoms with E-state index in [1.54, 1.807) is 12.4 Å². The number of pyridine rings is 1. The zero-order valence-electron chi connectivity index (χ0n) is 5.63. The van der Waals surface area contributed by atoms with E-state index in [2.05, 4.69) is 9.97 Å². The molecule has 0 saturated carbocycles. The van der Waals surface area contributed by atoms with Crippen molar-refractivity contribution >= 4 is 35.8 Å². The molecule has 0 unspecified atom stereocenters. The topological polar surface area (TPSA) is 28.7 Å². The highest BCUT2D eigenvalue weighted by molar-refractivity contribution is 6.41. The summed E-state index contributed by atoms with van der Waals surface area (Å²) in [4.78, 5) is 6.84. The SMILES string of the molecule is [B]c1cnc(Cl)c2[nH]ccc12. The second-order valence-corrected chi connectivity index (χ2v) is 2.63. The first kappa shape index (κ1) is 6.74. The van der Waals surface area contributed by atoms with Crippen molar-refractivity contribution in [2.24, 2.45) is 0 Å². The molecule has 11 heavy (non-hydrogen) atoms. The Kier molecular flexibility index (Phi) is 1.39. The lowest BCUT2D eigenvalue weighted by atomic mass is 9.95. The van der Waals surface area contributed by atoms with Gasteiger partial charge in [0.25, 0.3) is 0 Å². The summed E-state index contributed by atoms with van der Waals surface area (Å²) in [5.41, 5.74) is 1.44. The van der Waals surface area contributed by atoms with Crippen LogP contribution in [0.1, 0.15) is 0 Å². The average molecular weight is 162 g/mol. The highest BCUT2D eigenvalue weighted by Gasteiger charge is 2.01. The van der Waals surface area contributed by atoms with Crippen LogP contribution in [0.4, 0.5) is 0 Å². The van der Waals surface area contributed by atoms with Crippen LogP contribution in [-0.2, 0) is 0 Å². The minimum Gasteiger partial charge on any atom is -0.359 e. The van der Waals surface area contributed by atoms with Crippen LogP contribution < -0.4 is 5.46 Å². The second-order valence-electron chi connectivity index (χ2n) is 2.27. The second kappa shape index (κ2) is 2.27. The van der Waals surface area contributed by atoms with Crippen LogP contribution >= 0.6 is 11.6 Å². The summed E-state index contributed by atoms with van der Waals surface area (Å²) in [6.45, 7) is 0. The molecule has 2 nitrogen and oxygen atoms in total. The molecule has 52 valence electrons. The molecule has 2 radical (unpaired) electrons. The van der Waals surface area contributed by atoms with Crippen molar-refractivity contribution in [3.05, 3.63) is 23.6 Å². The van der Waals surface area contributed by atoms with E-state index in [0.29, 0.717) is 10.6 Å². The fraction of sp³-hybridized carbons (Fsp3) is 0. The van der Waals surface area contributed by atoms with Crippen molar-refractivity contribution in [3.8, 4) is 0 Å². The number of aromatic amines is 1. The third-order valence-electron chi connectivity index (χ3n) is 1.58. The molecule has 2 rings (SSSR count). The smallest absolute Gasteiger partial charge is 0.152 e. The zero-order valence-corrected chi connectivity index (χ0v) is 6.39. The van der Waals surface area contributed by atoms with Crippen molar-refractivity contribution < 1.29 is 0 Å². The number of fused-ring (bicyclic) bond motifs is 1. The summed E-state index contributed by atoms with van der Waals surface area (Å²) in [7, 11) is 5.63. The molecule has 0 atom stereocenters. The van der Waals surface area contributed by atoms with Crippen molar-refractivity contribution in [2.75, 3.05) is 0 Å². The van der Waals surface area contributed by atoms with E-state index in [9.17, 15) is 0 Å². The standard InChI is InChI=1S/C7H4BClN2/c8-5-3-11-7(9)6-4(5)1-2-10-6/h1-3,10H. The van der Waals surface area contributed by atoms with Gasteiger partial charge in [0.1, 0.15) is 7.85 Å². The molecule has 0 aliphatic rings. The summed E-state index contributed by atoms with van der Waals surface area (Å²) in [6, 6.07) is 1.87. The Balaban J connectivity index is 2.96. The molecule has 2 aromatic rings. The van der Waals surface area contributed by atoms with Gasteiger partial charge in [-0.15, -0.1) is 0 Å². The van der Waals surface area contributed by atoms with Crippen LogP contribution in [-0.4, -0.2) is 17.8 Å². The number of halogens is 1. The van der Waals surface area contributed by atoms with Crippen LogP contribution in [0, 0.1) is 0 Å². The first-order valence-electron chi connectivity index (χ1n) is 3.16. The lowest BCUT2D eigenvalue weighted by Gasteiger charge is -1.95. The van der Waals surface area contributed by atoms with Gasteiger partial charge < -0.3 is 4.98 Å². The van der Waals surface area contributed by atoms with Crippen molar-refractivity contribution in [1.82, 2.24) is 9.97 Å². The Morgan fingerprint density at radius 3 is 3.09 bits per heavy atom. The van der Waals surface area contributed by atoms with E-state index in [-0.39, 0.29) is 0 Å². The van der Waals surface area contributed by atoms with Gasteiger partial charge in [-0.2, -0.15) is 0 Å². The molecule has 0 saturated heterocycles. The fourth-order valence-corrected chi connectivity index (χ4v) is 1.25. The summed E-state index contributed by atoms with van der Waals surface area (Å²) in [5, 5.41) is 1.38. The summed E-state index contributed by atoms with van der Waals surface area (Å²) < 4.78 is 0. The monoisotopic (exact) mass is 162 g/mol. The number of hydrogen-bond donors (Lipinski definition) is 1. The maximum Gasteiger partial charge on any atom is 0.152 e. The molecule has 0 amide bonds. The zero-order chi connectivity index (χ0) is 7.84. The Hall–Kier alpha value is -0.955. The lowest BCUT2D eigenvalue weighted by molar-refractivity contribution is 1.35. The van der Waals surface area contributed by atoms with Crippen molar-refractivity contribution in [1.29, 1.82) is 0 Å². The Morgan fingerprint density at radius 2 is 2.36 bits per heavy atom. The molecule has 2 heterocycles. The highest BCUT2D eigenvalue weighted by atomic mass is 35.5. The first-order valence-corrected chi connectivity index (χ1v) is 3.54. The van der Waals surface area contributed by atoms with E-state index in [0.717, 1.165) is 10.9 Å². The average Bonchev–Trinajstić information content (AvgIpc) is 2.45. The molecule has 0 spiro atoms. The van der Waals surface area contributed by atoms with Gasteiger partial charge >= 0.3 is 0 Å². The summed E-state index contributed by atoms with van der Waals surface area (Å²) >= 11 is 5.77. The number of H-pyrrole nitrogens is 1. The van der Waals surface area contributed by atoms with Gasteiger partial charge in [0, 0.05) is 12.4 Å². The Morgan fingerprint density at radius 1 is 1.55 bits per heavy atom. The van der Waals surface area contributed by atoms with Crippen LogP contribution in [0.3, 0.4) is 0 Å². The van der Waals surface area contributed by atoms with Gasteiger partial charge in [0.15, 0.2) is 5.15 Å². The molecule has 0 aromatic carbocycles. The van der Waals surface area contributed by atoms with Crippen LogP contribution in [0.15, 0.2) is 18.5 Å². The van der Waals surface area contributed by atoms with Gasteiger partial charge in [0.05, 0.1) is 5.52 Å². The predicted molar refractivity (Wildman–Crippen MR) is 46.5 cm³/mol. The maximum absolute atomic E-state index is 5.77. The molecular weight excluding hydrogens is 158 g/mol. The van der Waals surface area contributed by atoms with Gasteiger partial charge in [-0.3, -0.25) is 0 Å². The van der Waals surface area contributed by atoms with Crippen LogP contribution in [0.2, 0.25) is 5.15 Å². The van der Waals surface area contributed by atoms with E-state index in [4.69, 9.17) is 19.4 Å². The Bertz CT molecular complexity index is 360. The maximum atomic E-state index is 5.77. The van der Waals surface area contributed by atoms with Crippen LogP contribution in [0.5, 0.6) is 0 Å². The van der Waals surface area contributed by atoms with Crippen molar-refractivity contribution in [2.45, 2.75) is 0 Å². The Labute approximate surface area is 70.0 Å². The van der Waals surface area contributed by atoms with Crippen molar-refractivity contribution in [3.63, 3.8) is 0 Å². The van der Waals surface area contributed by atoms with E-state index >= 15 is 0 Å². The van der Waals surface area contributed by atoms with E-state index in [1.165, 1.54) is 0 Å². The van der Waals surface area contributed by atoms with Crippen LogP contribution in [0.25, 0.3) is 10.9 Å². The minimum absolute atomic E-state index is 0.458. The normalized spacial score (nSPS) is 10.6. The third kappa shape index (κ3) is 0.924. The highest BCUT2D eigenvalue weighted by Crippen LogP contribution is 2.16. The van der Waals surface area contributed by atoms with E-state index < -0.39 is 0 Å². The molecule has 4 heteroatoms. The predicted octanol–water partition coefficient (Wildman–Crippen LogP) is 1.01. The molecule has 0 aliphatic heterocycles. The lowest BCUT2D eigenvalue weighted by Crippen LogP contribution is -2.03. The fourth-order valence-electron chi connectivity index (χ4n) is 1.04. The quantitative estimate of drug-likeness (QED) is 0.454. The van der Waals surface area contributed by atoms with Gasteiger partial charge in [0.2, 0.25) is 0 Å². The molecule has 0 fully saturated rings. The molecular formula is C7H4BClN2. The third-order valence-corrected chi connectivity index (χ3v) is 1.87. The number of rotatable bonds is 0. The molecule has 1 N–H and O–H groups in total. The van der Waals surface area contributed by atoms with Gasteiger partial charge in [-0.05, 0) is 11.5 Å². The summed E-state index contributed by atoms with van der Waals surface area (Å²) in [5.74, 6) is 0. The molecule has 0 bridgehead atoms. The number of nitrogens with one attached hydrogen (secondary N) is 1. The van der Waals surface area contributed by atoms with Gasteiger partial charge in [-0.25, -0.2) is 4.98 Å². The first-order chi connectivity index (χ1) is 5.29. The number of nitrogens with zero attached hydrogens (tertiary/aromatic N) is 1. The van der Waals surface area contributed by atoms with E-state index in [1.807, 2.05) is 6.07 Å².